The van der Waals surface area contributed by atoms with E-state index in [9.17, 15) is 0 Å². The van der Waals surface area contributed by atoms with Crippen molar-refractivity contribution in [1.82, 2.24) is 4.90 Å². The third-order valence-electron chi connectivity index (χ3n) is 3.23. The van der Waals surface area contributed by atoms with Gasteiger partial charge < -0.3 is 4.74 Å². The topological polar surface area (TPSA) is 12.5 Å². The Balaban J connectivity index is 1.96. The summed E-state index contributed by atoms with van der Waals surface area (Å²) in [6.07, 6.45) is 2.22. The normalized spacial score (nSPS) is 17.6. The second kappa shape index (κ2) is 6.05. The molecule has 0 bridgehead atoms. The molecule has 4 heteroatoms. The zero-order valence-electron chi connectivity index (χ0n) is 9.96. The molecule has 2 rings (SSSR count). The van der Waals surface area contributed by atoms with E-state index < -0.39 is 0 Å². The summed E-state index contributed by atoms with van der Waals surface area (Å²) in [7, 11) is 2.15. The number of benzene rings is 1. The molecule has 1 fully saturated rings. The van der Waals surface area contributed by atoms with Crippen molar-refractivity contribution in [2.75, 3.05) is 20.3 Å². The van der Waals surface area contributed by atoms with Gasteiger partial charge in [0.25, 0.3) is 0 Å². The Hall–Kier alpha value is -0.280. The van der Waals surface area contributed by atoms with Crippen LogP contribution < -0.4 is 0 Å². The van der Waals surface area contributed by atoms with Gasteiger partial charge in [0, 0.05) is 25.8 Å². The summed E-state index contributed by atoms with van der Waals surface area (Å²) in [5, 5.41) is 1.24. The zero-order valence-corrected chi connectivity index (χ0v) is 11.5. The van der Waals surface area contributed by atoms with Gasteiger partial charge in [-0.3, -0.25) is 4.90 Å². The lowest BCUT2D eigenvalue weighted by Gasteiger charge is -2.31. The standard InChI is InChI=1S/C13H17Cl2NO/c1-16(11-4-6-17-7-5-11)9-10-2-3-12(14)13(15)8-10/h2-3,8,11H,4-7,9H2,1H3. The van der Waals surface area contributed by atoms with Gasteiger partial charge in [0.2, 0.25) is 0 Å². The average molecular weight is 274 g/mol. The number of ether oxygens (including phenoxy) is 1. The van der Waals surface area contributed by atoms with E-state index in [1.807, 2.05) is 18.2 Å². The van der Waals surface area contributed by atoms with Crippen molar-refractivity contribution in [2.45, 2.75) is 25.4 Å². The Kier molecular flexibility index (Phi) is 4.69. The second-order valence-electron chi connectivity index (χ2n) is 4.51. The van der Waals surface area contributed by atoms with Gasteiger partial charge in [-0.05, 0) is 37.6 Å². The highest BCUT2D eigenvalue weighted by molar-refractivity contribution is 6.42. The van der Waals surface area contributed by atoms with Crippen molar-refractivity contribution in [2.24, 2.45) is 0 Å². The Bertz CT molecular complexity index is 378. The predicted molar refractivity (Wildman–Crippen MR) is 71.8 cm³/mol. The fraction of sp³-hybridized carbons (Fsp3) is 0.538. The first kappa shape index (κ1) is 13.2. The molecule has 0 amide bonds. The maximum Gasteiger partial charge on any atom is 0.0595 e. The highest BCUT2D eigenvalue weighted by Crippen LogP contribution is 2.24. The van der Waals surface area contributed by atoms with Crippen LogP contribution in [-0.2, 0) is 11.3 Å². The maximum atomic E-state index is 6.01. The van der Waals surface area contributed by atoms with Gasteiger partial charge in [0.15, 0.2) is 0 Å². The number of nitrogens with zero attached hydrogens (tertiary/aromatic N) is 1. The van der Waals surface area contributed by atoms with Crippen molar-refractivity contribution in [3.63, 3.8) is 0 Å². The highest BCUT2D eigenvalue weighted by Gasteiger charge is 2.18. The first-order chi connectivity index (χ1) is 8.16. The van der Waals surface area contributed by atoms with Crippen LogP contribution in [0.1, 0.15) is 18.4 Å². The minimum atomic E-state index is 0.609. The van der Waals surface area contributed by atoms with E-state index >= 15 is 0 Å². The average Bonchev–Trinajstić information content (AvgIpc) is 2.35. The summed E-state index contributed by atoms with van der Waals surface area (Å²) in [5.41, 5.74) is 1.20. The fourth-order valence-electron chi connectivity index (χ4n) is 2.18. The molecule has 1 aliphatic heterocycles. The zero-order chi connectivity index (χ0) is 12.3. The molecule has 1 aromatic carbocycles. The van der Waals surface area contributed by atoms with Crippen LogP contribution in [0.3, 0.4) is 0 Å². The van der Waals surface area contributed by atoms with Crippen molar-refractivity contribution < 1.29 is 4.74 Å². The van der Waals surface area contributed by atoms with Crippen LogP contribution in [0.4, 0.5) is 0 Å². The summed E-state index contributed by atoms with van der Waals surface area (Å²) in [5.74, 6) is 0. The molecule has 1 heterocycles. The van der Waals surface area contributed by atoms with E-state index in [1.54, 1.807) is 0 Å². The SMILES string of the molecule is CN(Cc1ccc(Cl)c(Cl)c1)C1CCOCC1. The summed E-state index contributed by atoms with van der Waals surface area (Å²) < 4.78 is 5.37. The molecule has 17 heavy (non-hydrogen) atoms. The Morgan fingerprint density at radius 1 is 1.24 bits per heavy atom. The maximum absolute atomic E-state index is 6.01. The molecule has 0 atom stereocenters. The summed E-state index contributed by atoms with van der Waals surface area (Å²) in [6.45, 7) is 2.65. The number of hydrogen-bond acceptors (Lipinski definition) is 2. The second-order valence-corrected chi connectivity index (χ2v) is 5.32. The molecule has 0 N–H and O–H groups in total. The minimum Gasteiger partial charge on any atom is -0.381 e. The Morgan fingerprint density at radius 3 is 2.59 bits per heavy atom. The van der Waals surface area contributed by atoms with E-state index in [4.69, 9.17) is 27.9 Å². The minimum absolute atomic E-state index is 0.609. The molecule has 0 radical (unpaired) electrons. The molecule has 0 aliphatic carbocycles. The van der Waals surface area contributed by atoms with Crippen LogP contribution in [-0.4, -0.2) is 31.2 Å². The van der Waals surface area contributed by atoms with Gasteiger partial charge in [-0.15, -0.1) is 0 Å². The lowest BCUT2D eigenvalue weighted by Crippen LogP contribution is -2.36. The van der Waals surface area contributed by atoms with Crippen LogP contribution in [0.5, 0.6) is 0 Å². The van der Waals surface area contributed by atoms with Crippen molar-refractivity contribution in [3.8, 4) is 0 Å². The predicted octanol–water partition coefficient (Wildman–Crippen LogP) is 3.60. The van der Waals surface area contributed by atoms with Crippen molar-refractivity contribution in [1.29, 1.82) is 0 Å². The van der Waals surface area contributed by atoms with Gasteiger partial charge in [0.1, 0.15) is 0 Å². The van der Waals surface area contributed by atoms with Gasteiger partial charge in [-0.1, -0.05) is 29.3 Å². The highest BCUT2D eigenvalue weighted by atomic mass is 35.5. The molecule has 0 spiro atoms. The summed E-state index contributed by atoms with van der Waals surface area (Å²) in [4.78, 5) is 2.36. The molecule has 94 valence electrons. The number of rotatable bonds is 3. The van der Waals surface area contributed by atoms with Crippen molar-refractivity contribution >= 4 is 23.2 Å². The van der Waals surface area contributed by atoms with Gasteiger partial charge in [0.05, 0.1) is 10.0 Å². The van der Waals surface area contributed by atoms with Gasteiger partial charge in [-0.2, -0.15) is 0 Å². The van der Waals surface area contributed by atoms with E-state index in [1.165, 1.54) is 5.56 Å². The van der Waals surface area contributed by atoms with Crippen molar-refractivity contribution in [3.05, 3.63) is 33.8 Å². The first-order valence-corrected chi connectivity index (χ1v) is 6.64. The van der Waals surface area contributed by atoms with Crippen LogP contribution in [0.15, 0.2) is 18.2 Å². The number of hydrogen-bond donors (Lipinski definition) is 0. The van der Waals surface area contributed by atoms with E-state index in [0.717, 1.165) is 32.6 Å². The lowest BCUT2D eigenvalue weighted by molar-refractivity contribution is 0.0407. The molecule has 2 nitrogen and oxygen atoms in total. The number of halogens is 2. The Morgan fingerprint density at radius 2 is 1.94 bits per heavy atom. The van der Waals surface area contributed by atoms with E-state index in [0.29, 0.717) is 16.1 Å². The third-order valence-corrected chi connectivity index (χ3v) is 3.97. The largest absolute Gasteiger partial charge is 0.381 e. The fourth-order valence-corrected chi connectivity index (χ4v) is 2.50. The third kappa shape index (κ3) is 3.59. The molecular formula is C13H17Cl2NO. The van der Waals surface area contributed by atoms with Crippen LogP contribution >= 0.6 is 23.2 Å². The van der Waals surface area contributed by atoms with E-state index in [2.05, 4.69) is 11.9 Å². The van der Waals surface area contributed by atoms with Crippen LogP contribution in [0.25, 0.3) is 0 Å². The molecule has 1 saturated heterocycles. The van der Waals surface area contributed by atoms with Gasteiger partial charge >= 0.3 is 0 Å². The van der Waals surface area contributed by atoms with Gasteiger partial charge in [-0.25, -0.2) is 0 Å². The quantitative estimate of drug-likeness (QED) is 0.835. The molecule has 0 aromatic heterocycles. The summed E-state index contributed by atoms with van der Waals surface area (Å²) >= 11 is 11.9. The smallest absolute Gasteiger partial charge is 0.0595 e. The van der Waals surface area contributed by atoms with Crippen LogP contribution in [0, 0.1) is 0 Å². The molecule has 0 unspecified atom stereocenters. The molecule has 1 aliphatic rings. The Labute approximate surface area is 112 Å². The first-order valence-electron chi connectivity index (χ1n) is 5.89. The monoisotopic (exact) mass is 273 g/mol. The van der Waals surface area contributed by atoms with Crippen LogP contribution in [0.2, 0.25) is 10.0 Å². The lowest BCUT2D eigenvalue weighted by atomic mass is 10.1. The molecular weight excluding hydrogens is 257 g/mol. The van der Waals surface area contributed by atoms with E-state index in [-0.39, 0.29) is 0 Å². The summed E-state index contributed by atoms with van der Waals surface area (Å²) in [6, 6.07) is 6.44. The molecule has 0 saturated carbocycles. The molecule has 1 aromatic rings.